The van der Waals surface area contributed by atoms with Crippen LogP contribution in [0.5, 0.6) is 0 Å². The summed E-state index contributed by atoms with van der Waals surface area (Å²) in [7, 11) is 0. The zero-order valence-corrected chi connectivity index (χ0v) is 15.1. The molecule has 0 saturated carbocycles. The lowest BCUT2D eigenvalue weighted by Gasteiger charge is -2.34. The minimum absolute atomic E-state index is 0.0747. The third kappa shape index (κ3) is 4.12. The summed E-state index contributed by atoms with van der Waals surface area (Å²) < 4.78 is 39.6. The number of alkyl halides is 3. The second kappa shape index (κ2) is 7.55. The van der Waals surface area contributed by atoms with Crippen molar-refractivity contribution >= 4 is 29.2 Å². The number of carbonyl (C=O) groups excluding carboxylic acids is 2. The minimum Gasteiger partial charge on any atom is -0.330 e. The van der Waals surface area contributed by atoms with E-state index in [1.165, 1.54) is 12.1 Å². The first-order chi connectivity index (χ1) is 13.2. The number of anilines is 1. The molecule has 1 fully saturated rings. The maximum absolute atomic E-state index is 13.2. The van der Waals surface area contributed by atoms with E-state index >= 15 is 0 Å². The van der Waals surface area contributed by atoms with Crippen LogP contribution in [-0.2, 0) is 11.0 Å². The van der Waals surface area contributed by atoms with E-state index in [4.69, 9.17) is 11.6 Å². The molecule has 1 heterocycles. The number of nitrogens with one attached hydrogen (secondary N) is 3. The molecule has 0 aromatic heterocycles. The van der Waals surface area contributed by atoms with Crippen LogP contribution in [0.2, 0.25) is 5.02 Å². The van der Waals surface area contributed by atoms with Gasteiger partial charge in [0, 0.05) is 10.7 Å². The topological polar surface area (TPSA) is 70.2 Å². The van der Waals surface area contributed by atoms with Gasteiger partial charge in [0.05, 0.1) is 17.3 Å². The smallest absolute Gasteiger partial charge is 0.330 e. The molecule has 0 bridgehead atoms. The summed E-state index contributed by atoms with van der Waals surface area (Å²) in [5.41, 5.74) is -0.709. The Morgan fingerprint density at radius 1 is 1.11 bits per heavy atom. The van der Waals surface area contributed by atoms with E-state index in [1.54, 1.807) is 24.3 Å². The number of hydrogen-bond acceptors (Lipinski definition) is 2. The standard InChI is InChI=1S/C19H15ClF3N3O2/c1-10-15(16(26-18(28)24-10)11-6-8-12(20)9-7-11)17(27)25-14-5-3-2-4-13(14)19(21,22)23/h2-9,15-16H,1H2,(H,25,27)(H2,24,26,28)/t15-,16+/m0/s1. The van der Waals surface area contributed by atoms with Crippen LogP contribution in [0.1, 0.15) is 17.2 Å². The van der Waals surface area contributed by atoms with E-state index < -0.39 is 35.6 Å². The van der Waals surface area contributed by atoms with Crippen molar-refractivity contribution < 1.29 is 22.8 Å². The fraction of sp³-hybridized carbons (Fsp3) is 0.158. The lowest BCUT2D eigenvalue weighted by atomic mass is 9.88. The van der Waals surface area contributed by atoms with Crippen molar-refractivity contribution in [3.05, 3.63) is 77.0 Å². The number of rotatable bonds is 3. The van der Waals surface area contributed by atoms with E-state index in [1.807, 2.05) is 0 Å². The molecule has 3 rings (SSSR count). The molecular formula is C19H15ClF3N3O2. The van der Waals surface area contributed by atoms with Crippen molar-refractivity contribution in [3.8, 4) is 0 Å². The SMILES string of the molecule is C=C1NC(=O)N[C@H](c2ccc(Cl)cc2)[C@H]1C(=O)Nc1ccccc1C(F)(F)F. The molecule has 3 N–H and O–H groups in total. The summed E-state index contributed by atoms with van der Waals surface area (Å²) in [5.74, 6) is -1.78. The maximum atomic E-state index is 13.2. The van der Waals surface area contributed by atoms with Gasteiger partial charge in [-0.3, -0.25) is 4.79 Å². The molecule has 3 amide bonds. The van der Waals surface area contributed by atoms with Crippen LogP contribution in [0.3, 0.4) is 0 Å². The highest BCUT2D eigenvalue weighted by Gasteiger charge is 2.39. The van der Waals surface area contributed by atoms with Crippen molar-refractivity contribution in [2.24, 2.45) is 5.92 Å². The Kier molecular flexibility index (Phi) is 5.33. The third-order valence-corrected chi connectivity index (χ3v) is 4.52. The summed E-state index contributed by atoms with van der Waals surface area (Å²) in [5, 5.41) is 7.77. The van der Waals surface area contributed by atoms with Crippen molar-refractivity contribution in [1.82, 2.24) is 10.6 Å². The van der Waals surface area contributed by atoms with Crippen LogP contribution in [0.4, 0.5) is 23.7 Å². The van der Waals surface area contributed by atoms with Gasteiger partial charge in [0.25, 0.3) is 0 Å². The third-order valence-electron chi connectivity index (χ3n) is 4.27. The number of benzene rings is 2. The van der Waals surface area contributed by atoms with E-state index in [0.717, 1.165) is 12.1 Å². The monoisotopic (exact) mass is 409 g/mol. The molecule has 9 heteroatoms. The number of amides is 3. The molecule has 0 unspecified atom stereocenters. The summed E-state index contributed by atoms with van der Waals surface area (Å²) in [6.45, 7) is 3.69. The van der Waals surface area contributed by atoms with Gasteiger partial charge in [0.2, 0.25) is 5.91 Å². The van der Waals surface area contributed by atoms with Gasteiger partial charge in [-0.1, -0.05) is 42.4 Å². The van der Waals surface area contributed by atoms with E-state index in [9.17, 15) is 22.8 Å². The second-order valence-electron chi connectivity index (χ2n) is 6.16. The summed E-state index contributed by atoms with van der Waals surface area (Å²) >= 11 is 5.87. The zero-order chi connectivity index (χ0) is 20.5. The fourth-order valence-electron chi connectivity index (χ4n) is 2.99. The number of para-hydroxylation sites is 1. The molecule has 28 heavy (non-hydrogen) atoms. The lowest BCUT2D eigenvalue weighted by Crippen LogP contribution is -2.51. The van der Waals surface area contributed by atoms with E-state index in [-0.39, 0.29) is 11.4 Å². The fourth-order valence-corrected chi connectivity index (χ4v) is 3.12. The van der Waals surface area contributed by atoms with Crippen LogP contribution < -0.4 is 16.0 Å². The quantitative estimate of drug-likeness (QED) is 0.699. The Morgan fingerprint density at radius 2 is 1.75 bits per heavy atom. The van der Waals surface area contributed by atoms with E-state index in [2.05, 4.69) is 22.5 Å². The predicted molar refractivity (Wildman–Crippen MR) is 98.6 cm³/mol. The van der Waals surface area contributed by atoms with Crippen molar-refractivity contribution in [2.45, 2.75) is 12.2 Å². The predicted octanol–water partition coefficient (Wildman–Crippen LogP) is 4.48. The average molecular weight is 410 g/mol. The van der Waals surface area contributed by atoms with Gasteiger partial charge < -0.3 is 16.0 Å². The molecular weight excluding hydrogens is 395 g/mol. The van der Waals surface area contributed by atoms with Crippen LogP contribution in [0.15, 0.2) is 60.8 Å². The van der Waals surface area contributed by atoms with Gasteiger partial charge in [0.15, 0.2) is 0 Å². The van der Waals surface area contributed by atoms with Gasteiger partial charge >= 0.3 is 12.2 Å². The molecule has 146 valence electrons. The molecule has 0 aliphatic carbocycles. The van der Waals surface area contributed by atoms with Gasteiger partial charge in [-0.2, -0.15) is 13.2 Å². The molecule has 1 saturated heterocycles. The number of carbonyl (C=O) groups is 2. The molecule has 2 aromatic rings. The van der Waals surface area contributed by atoms with Crippen LogP contribution in [0, 0.1) is 5.92 Å². The van der Waals surface area contributed by atoms with Crippen LogP contribution in [0.25, 0.3) is 0 Å². The lowest BCUT2D eigenvalue weighted by molar-refractivity contribution is -0.137. The Balaban J connectivity index is 1.93. The highest BCUT2D eigenvalue weighted by molar-refractivity contribution is 6.30. The van der Waals surface area contributed by atoms with Crippen molar-refractivity contribution in [1.29, 1.82) is 0 Å². The molecule has 2 aromatic carbocycles. The van der Waals surface area contributed by atoms with Crippen LogP contribution in [-0.4, -0.2) is 11.9 Å². The molecule has 5 nitrogen and oxygen atoms in total. The van der Waals surface area contributed by atoms with Gasteiger partial charge in [-0.05, 0) is 29.8 Å². The van der Waals surface area contributed by atoms with Gasteiger partial charge in [-0.25, -0.2) is 4.79 Å². The van der Waals surface area contributed by atoms with Crippen molar-refractivity contribution in [3.63, 3.8) is 0 Å². The Labute approximate surface area is 163 Å². The molecule has 1 aliphatic rings. The number of hydrogen-bond donors (Lipinski definition) is 3. The molecule has 2 atom stereocenters. The van der Waals surface area contributed by atoms with Crippen LogP contribution >= 0.6 is 11.6 Å². The average Bonchev–Trinajstić information content (AvgIpc) is 2.61. The Morgan fingerprint density at radius 3 is 2.39 bits per heavy atom. The molecule has 1 aliphatic heterocycles. The normalized spacial score (nSPS) is 19.6. The first-order valence-corrected chi connectivity index (χ1v) is 8.53. The van der Waals surface area contributed by atoms with Crippen molar-refractivity contribution in [2.75, 3.05) is 5.32 Å². The summed E-state index contributed by atoms with van der Waals surface area (Å²) in [6.07, 6.45) is -4.63. The first kappa shape index (κ1) is 19.8. The molecule has 0 spiro atoms. The maximum Gasteiger partial charge on any atom is 0.418 e. The first-order valence-electron chi connectivity index (χ1n) is 8.15. The zero-order valence-electron chi connectivity index (χ0n) is 14.3. The molecule has 0 radical (unpaired) electrons. The Bertz CT molecular complexity index is 929. The highest BCUT2D eigenvalue weighted by Crippen LogP contribution is 2.36. The minimum atomic E-state index is -4.63. The van der Waals surface area contributed by atoms with Gasteiger partial charge in [-0.15, -0.1) is 0 Å². The van der Waals surface area contributed by atoms with E-state index in [0.29, 0.717) is 10.6 Å². The number of urea groups is 1. The Hall–Kier alpha value is -3.00. The highest BCUT2D eigenvalue weighted by atomic mass is 35.5. The second-order valence-corrected chi connectivity index (χ2v) is 6.60. The summed E-state index contributed by atoms with van der Waals surface area (Å²) in [6, 6.07) is 9.68. The summed E-state index contributed by atoms with van der Waals surface area (Å²) in [4.78, 5) is 24.7. The van der Waals surface area contributed by atoms with Gasteiger partial charge in [0.1, 0.15) is 5.92 Å². The largest absolute Gasteiger partial charge is 0.418 e. The number of halogens is 4.